The first-order valence-electron chi connectivity index (χ1n) is 29.3. The molecule has 5 fully saturated rings. The van der Waals surface area contributed by atoms with Crippen molar-refractivity contribution in [1.82, 2.24) is 34.5 Å². The van der Waals surface area contributed by atoms with Gasteiger partial charge in [-0.1, -0.05) is 53.7 Å². The average Bonchev–Trinajstić information content (AvgIpc) is 3.31. The number of sulfone groups is 1. The number of aromatic nitrogens is 2. The Bertz CT molecular complexity index is 2000. The summed E-state index contributed by atoms with van der Waals surface area (Å²) >= 11 is 0. The van der Waals surface area contributed by atoms with Crippen LogP contribution in [-0.2, 0) is 30.1 Å². The minimum atomic E-state index is -2.72. The molecule has 0 amide bonds. The maximum absolute atomic E-state index is 11.1. The van der Waals surface area contributed by atoms with Crippen molar-refractivity contribution in [3.05, 3.63) is 71.8 Å². The zero-order chi connectivity index (χ0) is 59.3. The number of aryl methyl sites for hydroxylation is 1. The molecule has 2 aromatic heterocycles. The van der Waals surface area contributed by atoms with Gasteiger partial charge in [0.2, 0.25) is 0 Å². The highest BCUT2D eigenvalue weighted by molar-refractivity contribution is 7.91. The molecule has 1 N–H and O–H groups in total. The van der Waals surface area contributed by atoms with Gasteiger partial charge in [-0.25, -0.2) is 8.42 Å². The second-order valence-electron chi connectivity index (χ2n) is 28.9. The highest BCUT2D eigenvalue weighted by Gasteiger charge is 2.30. The van der Waals surface area contributed by atoms with Gasteiger partial charge in [-0.05, 0) is 202 Å². The minimum Gasteiger partial charge on any atom is -0.393 e. The maximum Gasteiger partial charge on any atom is 0.152 e. The molecular weight excluding hydrogens is 979 g/mol. The minimum absolute atomic E-state index is 0.0476. The summed E-state index contributed by atoms with van der Waals surface area (Å²) in [6, 6.07) is 8.33. The van der Waals surface area contributed by atoms with Crippen molar-refractivity contribution in [2.24, 2.45) is 0 Å². The summed E-state index contributed by atoms with van der Waals surface area (Å²) in [4.78, 5) is 20.2. The number of methoxy groups -OCH3 is 1. The highest BCUT2D eigenvalue weighted by atomic mass is 32.2. The summed E-state index contributed by atoms with van der Waals surface area (Å²) in [5.74, 6) is 0.647. The van der Waals surface area contributed by atoms with Crippen LogP contribution in [-0.4, -0.2) is 185 Å². The van der Waals surface area contributed by atoms with Crippen LogP contribution in [0.1, 0.15) is 201 Å². The fourth-order valence-electron chi connectivity index (χ4n) is 9.30. The first-order chi connectivity index (χ1) is 35.1. The molecule has 0 atom stereocenters. The number of hydrogen-bond donors (Lipinski definition) is 1. The van der Waals surface area contributed by atoms with E-state index in [0.717, 1.165) is 64.5 Å². The number of ether oxygens (including phenoxy) is 2. The van der Waals surface area contributed by atoms with Crippen molar-refractivity contribution in [2.45, 2.75) is 242 Å². The van der Waals surface area contributed by atoms with E-state index in [1.165, 1.54) is 62.0 Å². The summed E-state index contributed by atoms with van der Waals surface area (Å²) in [6.07, 6.45) is 12.8. The van der Waals surface area contributed by atoms with Crippen LogP contribution in [0.3, 0.4) is 0 Å². The summed E-state index contributed by atoms with van der Waals surface area (Å²) in [5.41, 5.74) is 7.04. The van der Waals surface area contributed by atoms with Crippen LogP contribution in [0.4, 0.5) is 0 Å². The maximum atomic E-state index is 11.1. The van der Waals surface area contributed by atoms with Gasteiger partial charge in [0.05, 0.1) is 36.9 Å². The number of aliphatic hydroxyl groups excluding tert-OH is 1. The molecule has 0 aliphatic carbocycles. The Labute approximate surface area is 475 Å². The molecule has 7 heterocycles. The number of likely N-dealkylation sites (tertiary alicyclic amines) is 3. The Hall–Kier alpha value is -2.33. The fourth-order valence-corrected chi connectivity index (χ4v) is 10.5. The second kappa shape index (κ2) is 32.3. The van der Waals surface area contributed by atoms with E-state index in [-0.39, 0.29) is 28.0 Å². The second-order valence-corrected chi connectivity index (χ2v) is 31.2. The molecule has 12 nitrogen and oxygen atoms in total. The van der Waals surface area contributed by atoms with Gasteiger partial charge in [0.1, 0.15) is 0 Å². The molecule has 5 aliphatic rings. The fraction of sp³-hybridized carbons (Fsp3) is 0.812. The number of rotatable bonds is 1. The standard InChI is InChI=1S/C10H21NO.C10H15N.C10H19N.C9H19NO.C9H13N.C8H17NO2S.C8H17NO/c1-10(2,3)11-7-5-9(12-4)6-8-11;1-8-7-9(5-6-11-8)10(2,3)4;1-9-6-5-7-11(8-9)10(2,3)4;1-9(2,3)10-6-4-8(11)5-7-10;1-9(2,3)8-4-6-10-7-5-8;1-8(2,3)9-4-6-12(10,11)7-5-9;1-8(2,3)9-4-6-10-7-5-9/h9H,5-8H2,1-4H3;5-7H,1-4H3;1,5-8H2,2-4H3;8,11H,4-7H2,1-3H3;4-7H,1-3H3;4-7H2,1-3H3;4-7H2,1-3H3. The normalized spacial score (nSPS) is 20.3. The van der Waals surface area contributed by atoms with Gasteiger partial charge in [-0.2, -0.15) is 0 Å². The van der Waals surface area contributed by atoms with Gasteiger partial charge < -0.3 is 14.6 Å². The Morgan fingerprint density at radius 3 is 1.27 bits per heavy atom. The summed E-state index contributed by atoms with van der Waals surface area (Å²) in [7, 11) is -0.901. The van der Waals surface area contributed by atoms with E-state index in [1.54, 1.807) is 0 Å². The third kappa shape index (κ3) is 31.5. The monoisotopic (exact) mass is 1100 g/mol. The number of morpholine rings is 1. The molecule has 13 heteroatoms. The Morgan fingerprint density at radius 1 is 0.558 bits per heavy atom. The Balaban J connectivity index is 0.000000450. The first-order valence-corrected chi connectivity index (χ1v) is 31.1. The molecule has 0 aromatic carbocycles. The van der Waals surface area contributed by atoms with Crippen molar-refractivity contribution in [3.63, 3.8) is 0 Å². The van der Waals surface area contributed by atoms with Crippen LogP contribution in [0.15, 0.2) is 55.0 Å². The number of aliphatic hydroxyl groups is 1. The summed E-state index contributed by atoms with van der Waals surface area (Å²) < 4.78 is 32.8. The van der Waals surface area contributed by atoms with Gasteiger partial charge in [0.25, 0.3) is 0 Å². The Kier molecular flexibility index (Phi) is 30.5. The smallest absolute Gasteiger partial charge is 0.152 e. The average molecular weight is 1100 g/mol. The molecule has 2 aromatic rings. The van der Waals surface area contributed by atoms with Crippen LogP contribution in [0.2, 0.25) is 0 Å². The lowest BCUT2D eigenvalue weighted by Crippen LogP contribution is -2.49. The summed E-state index contributed by atoms with van der Waals surface area (Å²) in [5, 5.41) is 9.27. The zero-order valence-electron chi connectivity index (χ0n) is 54.2. The van der Waals surface area contributed by atoms with E-state index in [4.69, 9.17) is 9.47 Å². The predicted octanol–water partition coefficient (Wildman–Crippen LogP) is 12.3. The van der Waals surface area contributed by atoms with E-state index in [2.05, 4.69) is 211 Å². The molecule has 0 bridgehead atoms. The lowest BCUT2D eigenvalue weighted by molar-refractivity contribution is -0.00389. The molecule has 0 radical (unpaired) electrons. The highest BCUT2D eigenvalue weighted by Crippen LogP contribution is 2.25. The van der Waals surface area contributed by atoms with Crippen molar-refractivity contribution in [2.75, 3.05) is 97.3 Å². The van der Waals surface area contributed by atoms with Crippen molar-refractivity contribution < 1.29 is 23.0 Å². The Morgan fingerprint density at radius 2 is 0.948 bits per heavy atom. The van der Waals surface area contributed by atoms with Crippen LogP contribution >= 0.6 is 0 Å². The van der Waals surface area contributed by atoms with Gasteiger partial charge in [0.15, 0.2) is 9.84 Å². The van der Waals surface area contributed by atoms with E-state index in [1.807, 2.05) is 32.6 Å². The van der Waals surface area contributed by atoms with Gasteiger partial charge >= 0.3 is 0 Å². The lowest BCUT2D eigenvalue weighted by Gasteiger charge is -2.40. The van der Waals surface area contributed by atoms with Gasteiger partial charge in [0, 0.05) is 118 Å². The van der Waals surface area contributed by atoms with E-state index in [9.17, 15) is 13.5 Å². The van der Waals surface area contributed by atoms with E-state index in [0.29, 0.717) is 47.3 Å². The number of piperidine rings is 3. The predicted molar refractivity (Wildman–Crippen MR) is 330 cm³/mol. The topological polar surface area (TPSA) is 115 Å². The lowest BCUT2D eigenvalue weighted by atomic mass is 9.87. The van der Waals surface area contributed by atoms with Gasteiger partial charge in [-0.3, -0.25) is 34.5 Å². The van der Waals surface area contributed by atoms with Crippen molar-refractivity contribution in [1.29, 1.82) is 0 Å². The van der Waals surface area contributed by atoms with Crippen LogP contribution in [0.5, 0.6) is 0 Å². The quantitative estimate of drug-likeness (QED) is 0.274. The van der Waals surface area contributed by atoms with Crippen molar-refractivity contribution >= 4 is 9.84 Å². The molecular formula is C64H121N7O5S. The number of hydrogen-bond acceptors (Lipinski definition) is 12. The molecule has 0 unspecified atom stereocenters. The number of nitrogens with zero attached hydrogens (tertiary/aromatic N) is 7. The van der Waals surface area contributed by atoms with Crippen molar-refractivity contribution in [3.8, 4) is 0 Å². The first kappa shape index (κ1) is 72.7. The largest absolute Gasteiger partial charge is 0.393 e. The van der Waals surface area contributed by atoms with Crippen LogP contribution in [0, 0.1) is 6.92 Å². The van der Waals surface area contributed by atoms with E-state index >= 15 is 0 Å². The van der Waals surface area contributed by atoms with Crippen LogP contribution < -0.4 is 0 Å². The molecule has 77 heavy (non-hydrogen) atoms. The molecule has 0 spiro atoms. The third-order valence-electron chi connectivity index (χ3n) is 15.0. The SMILES string of the molecule is C=C1CCCN(C(C)(C)C)C1.CC(C)(C)N1CCC(O)CC1.CC(C)(C)N1CCOCC1.CC(C)(C)N1CCS(=O)(=O)CC1.CC(C)(C)c1ccncc1.COC1CCN(C(C)(C)C)CC1.Cc1cc(C(C)(C)C)ccn1. The molecule has 448 valence electrons. The van der Waals surface area contributed by atoms with Gasteiger partial charge in [-0.15, -0.1) is 0 Å². The third-order valence-corrected chi connectivity index (χ3v) is 16.6. The zero-order valence-corrected chi connectivity index (χ0v) is 55.0. The van der Waals surface area contributed by atoms with E-state index < -0.39 is 9.84 Å². The summed E-state index contributed by atoms with van der Waals surface area (Å²) in [6.45, 7) is 64.8. The molecule has 5 saturated heterocycles. The number of pyridine rings is 2. The molecule has 5 aliphatic heterocycles. The molecule has 7 rings (SSSR count). The van der Waals surface area contributed by atoms with Crippen LogP contribution in [0.25, 0.3) is 0 Å². The molecule has 0 saturated carbocycles.